The zero-order valence-electron chi connectivity index (χ0n) is 13.2. The molecule has 0 heterocycles. The lowest BCUT2D eigenvalue weighted by Crippen LogP contribution is -2.18. The Morgan fingerprint density at radius 3 is 2.61 bits per heavy atom. The average Bonchev–Trinajstić information content (AvgIpc) is 2.50. The number of aryl methyl sites for hydroxylation is 2. The molecule has 2 aromatic carbocycles. The summed E-state index contributed by atoms with van der Waals surface area (Å²) in [4.78, 5) is 22.1. The van der Waals surface area contributed by atoms with Crippen LogP contribution in [0.5, 0.6) is 11.5 Å². The van der Waals surface area contributed by atoms with Crippen molar-refractivity contribution in [3.63, 3.8) is 0 Å². The molecule has 6 nitrogen and oxygen atoms in total. The summed E-state index contributed by atoms with van der Waals surface area (Å²) in [6, 6.07) is 9.44. The zero-order valence-corrected chi connectivity index (χ0v) is 13.2. The van der Waals surface area contributed by atoms with Crippen molar-refractivity contribution in [3.05, 3.63) is 63.2 Å². The highest BCUT2D eigenvalue weighted by Crippen LogP contribution is 2.24. The SMILES string of the molecule is Cc1cc(C)c(C)c(OC(=O)COc2cccc([N+](=O)[O-])c2)c1. The molecule has 0 aliphatic heterocycles. The maximum Gasteiger partial charge on any atom is 0.349 e. The van der Waals surface area contributed by atoms with E-state index in [0.29, 0.717) is 5.75 Å². The second-order valence-corrected chi connectivity index (χ2v) is 5.22. The van der Waals surface area contributed by atoms with Gasteiger partial charge in [-0.05, 0) is 49.6 Å². The third kappa shape index (κ3) is 4.29. The molecule has 0 spiro atoms. The lowest BCUT2D eigenvalue weighted by molar-refractivity contribution is -0.384. The number of non-ortho nitro benzene ring substituents is 1. The fraction of sp³-hybridized carbons (Fsp3) is 0.235. The van der Waals surface area contributed by atoms with Crippen molar-refractivity contribution in [2.75, 3.05) is 6.61 Å². The van der Waals surface area contributed by atoms with Gasteiger partial charge in [0.1, 0.15) is 11.5 Å². The van der Waals surface area contributed by atoms with Crippen LogP contribution in [0.15, 0.2) is 36.4 Å². The Morgan fingerprint density at radius 1 is 1.17 bits per heavy atom. The van der Waals surface area contributed by atoms with Crippen LogP contribution in [-0.2, 0) is 4.79 Å². The number of hydrogen-bond donors (Lipinski definition) is 0. The summed E-state index contributed by atoms with van der Waals surface area (Å²) >= 11 is 0. The van der Waals surface area contributed by atoms with Gasteiger partial charge in [0.25, 0.3) is 5.69 Å². The standard InChI is InChI=1S/C17H17NO5/c1-11-7-12(2)13(3)16(8-11)23-17(19)10-22-15-6-4-5-14(9-15)18(20)21/h4-9H,10H2,1-3H3. The van der Waals surface area contributed by atoms with Crippen LogP contribution in [0.1, 0.15) is 16.7 Å². The molecule has 0 atom stereocenters. The van der Waals surface area contributed by atoms with Gasteiger partial charge >= 0.3 is 5.97 Å². The fourth-order valence-electron chi connectivity index (χ4n) is 2.09. The number of carbonyl (C=O) groups excluding carboxylic acids is 1. The molecule has 6 heteroatoms. The monoisotopic (exact) mass is 315 g/mol. The molecule has 0 fully saturated rings. The number of hydrogen-bond acceptors (Lipinski definition) is 5. The maximum absolute atomic E-state index is 11.9. The van der Waals surface area contributed by atoms with Crippen LogP contribution in [-0.4, -0.2) is 17.5 Å². The van der Waals surface area contributed by atoms with E-state index in [0.717, 1.165) is 16.7 Å². The van der Waals surface area contributed by atoms with Gasteiger partial charge in [-0.1, -0.05) is 12.1 Å². The summed E-state index contributed by atoms with van der Waals surface area (Å²) in [6.45, 7) is 5.41. The van der Waals surface area contributed by atoms with Gasteiger partial charge in [-0.25, -0.2) is 4.79 Å². The molecule has 0 aromatic heterocycles. The minimum atomic E-state index is -0.565. The first-order valence-electron chi connectivity index (χ1n) is 7.02. The summed E-state index contributed by atoms with van der Waals surface area (Å²) in [7, 11) is 0. The molecule has 2 rings (SSSR count). The zero-order chi connectivity index (χ0) is 17.0. The van der Waals surface area contributed by atoms with Crippen molar-refractivity contribution < 1.29 is 19.2 Å². The number of esters is 1. The van der Waals surface area contributed by atoms with Crippen molar-refractivity contribution in [1.29, 1.82) is 0 Å². The average molecular weight is 315 g/mol. The highest BCUT2D eigenvalue weighted by molar-refractivity contribution is 5.74. The molecule has 0 aliphatic carbocycles. The normalized spacial score (nSPS) is 10.2. The van der Waals surface area contributed by atoms with Crippen LogP contribution in [0.2, 0.25) is 0 Å². The van der Waals surface area contributed by atoms with E-state index in [-0.39, 0.29) is 18.0 Å². The van der Waals surface area contributed by atoms with Crippen molar-refractivity contribution >= 4 is 11.7 Å². The number of ether oxygens (including phenoxy) is 2. The largest absolute Gasteiger partial charge is 0.482 e. The summed E-state index contributed by atoms with van der Waals surface area (Å²) in [5, 5.41) is 10.7. The van der Waals surface area contributed by atoms with Gasteiger partial charge in [0.2, 0.25) is 0 Å². The Labute approximate surface area is 133 Å². The molecule has 0 saturated carbocycles. The smallest absolute Gasteiger partial charge is 0.349 e. The first-order chi connectivity index (χ1) is 10.9. The molecule has 0 amide bonds. The van der Waals surface area contributed by atoms with Crippen molar-refractivity contribution in [3.8, 4) is 11.5 Å². The molecule has 0 bridgehead atoms. The number of nitro groups is 1. The Kier molecular flexibility index (Phi) is 4.95. The second kappa shape index (κ2) is 6.91. The summed E-state index contributed by atoms with van der Waals surface area (Å²) < 4.78 is 10.6. The van der Waals surface area contributed by atoms with E-state index in [1.165, 1.54) is 18.2 Å². The van der Waals surface area contributed by atoms with Gasteiger partial charge in [-0.15, -0.1) is 0 Å². The molecular weight excluding hydrogens is 298 g/mol. The van der Waals surface area contributed by atoms with Crippen molar-refractivity contribution in [2.24, 2.45) is 0 Å². The molecule has 2 aromatic rings. The highest BCUT2D eigenvalue weighted by atomic mass is 16.6. The number of carbonyl (C=O) groups is 1. The van der Waals surface area contributed by atoms with E-state index in [1.54, 1.807) is 12.1 Å². The molecule has 0 unspecified atom stereocenters. The Morgan fingerprint density at radius 2 is 1.91 bits per heavy atom. The van der Waals surface area contributed by atoms with E-state index >= 15 is 0 Å². The van der Waals surface area contributed by atoms with Crippen molar-refractivity contribution in [2.45, 2.75) is 20.8 Å². The molecular formula is C17H17NO5. The third-order valence-corrected chi connectivity index (χ3v) is 3.37. The Balaban J connectivity index is 2.01. The summed E-state index contributed by atoms with van der Waals surface area (Å²) in [5.41, 5.74) is 2.82. The topological polar surface area (TPSA) is 78.7 Å². The minimum absolute atomic E-state index is 0.0963. The molecule has 0 radical (unpaired) electrons. The van der Waals surface area contributed by atoms with E-state index in [9.17, 15) is 14.9 Å². The molecule has 0 saturated heterocycles. The van der Waals surface area contributed by atoms with Crippen LogP contribution in [0, 0.1) is 30.9 Å². The van der Waals surface area contributed by atoms with Gasteiger partial charge in [-0.3, -0.25) is 10.1 Å². The van der Waals surface area contributed by atoms with Crippen LogP contribution in [0.3, 0.4) is 0 Å². The number of rotatable bonds is 5. The van der Waals surface area contributed by atoms with E-state index in [4.69, 9.17) is 9.47 Å². The molecule has 0 aliphatic rings. The molecule has 23 heavy (non-hydrogen) atoms. The quantitative estimate of drug-likeness (QED) is 0.365. The lowest BCUT2D eigenvalue weighted by Gasteiger charge is -2.11. The van der Waals surface area contributed by atoms with Crippen molar-refractivity contribution in [1.82, 2.24) is 0 Å². The van der Waals surface area contributed by atoms with E-state index < -0.39 is 10.9 Å². The first-order valence-corrected chi connectivity index (χ1v) is 7.02. The van der Waals surface area contributed by atoms with Crippen LogP contribution < -0.4 is 9.47 Å². The van der Waals surface area contributed by atoms with Gasteiger partial charge in [0, 0.05) is 6.07 Å². The van der Waals surface area contributed by atoms with Gasteiger partial charge < -0.3 is 9.47 Å². The Bertz CT molecular complexity index is 755. The lowest BCUT2D eigenvalue weighted by atomic mass is 10.1. The maximum atomic E-state index is 11.9. The molecule has 0 N–H and O–H groups in total. The minimum Gasteiger partial charge on any atom is -0.482 e. The number of benzene rings is 2. The van der Waals surface area contributed by atoms with Crippen LogP contribution in [0.25, 0.3) is 0 Å². The van der Waals surface area contributed by atoms with E-state index in [2.05, 4.69) is 0 Å². The second-order valence-electron chi connectivity index (χ2n) is 5.22. The molecule has 120 valence electrons. The first kappa shape index (κ1) is 16.5. The van der Waals surface area contributed by atoms with Gasteiger partial charge in [0.15, 0.2) is 6.61 Å². The predicted octanol–water partition coefficient (Wildman–Crippen LogP) is 3.50. The summed E-state index contributed by atoms with van der Waals surface area (Å²) in [5.74, 6) is 0.174. The van der Waals surface area contributed by atoms with Gasteiger partial charge in [0.05, 0.1) is 11.0 Å². The fourth-order valence-corrected chi connectivity index (χ4v) is 2.09. The van der Waals surface area contributed by atoms with E-state index in [1.807, 2.05) is 26.8 Å². The number of nitrogens with zero attached hydrogens (tertiary/aromatic N) is 1. The van der Waals surface area contributed by atoms with Crippen LogP contribution >= 0.6 is 0 Å². The third-order valence-electron chi connectivity index (χ3n) is 3.37. The summed E-state index contributed by atoms with van der Waals surface area (Å²) in [6.07, 6.45) is 0. The van der Waals surface area contributed by atoms with Crippen LogP contribution in [0.4, 0.5) is 5.69 Å². The number of nitro benzene ring substituents is 1. The Hall–Kier alpha value is -2.89. The highest BCUT2D eigenvalue weighted by Gasteiger charge is 2.12. The predicted molar refractivity (Wildman–Crippen MR) is 84.9 cm³/mol. The van der Waals surface area contributed by atoms with Gasteiger partial charge in [-0.2, -0.15) is 0 Å².